The molecular weight excluding hydrogens is 301 g/mol. The molecule has 0 bridgehead atoms. The fourth-order valence-electron chi connectivity index (χ4n) is 2.11. The summed E-state index contributed by atoms with van der Waals surface area (Å²) in [6.45, 7) is 0.766. The zero-order valence-electron chi connectivity index (χ0n) is 11.4. The van der Waals surface area contributed by atoms with Gasteiger partial charge in [0.1, 0.15) is 17.5 Å². The number of nitrogens with zero attached hydrogens (tertiary/aromatic N) is 4. The Morgan fingerprint density at radius 1 is 1.45 bits per heavy atom. The molecule has 0 spiro atoms. The van der Waals surface area contributed by atoms with Crippen LogP contribution in [-0.4, -0.2) is 41.2 Å². The number of carbonyl (C=O) groups excluding carboxylic acids is 1. The van der Waals surface area contributed by atoms with E-state index in [1.807, 2.05) is 11.4 Å². The standard InChI is InChI=1S/C12H13F3N6O/c13-12(14,15)10(22)19-8-1-3-21(4-2-8)11-18-6-7(5-16)9(17)20-11/h6,8H,1-4H2,(H,19,22)(H2,17,18,20). The third-order valence-electron chi connectivity index (χ3n) is 3.30. The molecule has 0 aliphatic carbocycles. The van der Waals surface area contributed by atoms with E-state index in [2.05, 4.69) is 9.97 Å². The number of hydrogen-bond acceptors (Lipinski definition) is 6. The number of carbonyl (C=O) groups is 1. The highest BCUT2D eigenvalue weighted by molar-refractivity contribution is 5.81. The molecule has 22 heavy (non-hydrogen) atoms. The second-order valence-electron chi connectivity index (χ2n) is 4.81. The van der Waals surface area contributed by atoms with Crippen molar-refractivity contribution in [1.29, 1.82) is 5.26 Å². The van der Waals surface area contributed by atoms with Crippen LogP contribution in [0.15, 0.2) is 6.20 Å². The SMILES string of the molecule is N#Cc1cnc(N2CCC(NC(=O)C(F)(F)F)CC2)nc1N. The Kier molecular flexibility index (Phi) is 4.35. The average Bonchev–Trinajstić information content (AvgIpc) is 2.47. The van der Waals surface area contributed by atoms with Crippen molar-refractivity contribution in [3.63, 3.8) is 0 Å². The summed E-state index contributed by atoms with van der Waals surface area (Å²) in [6.07, 6.45) is -2.90. The highest BCUT2D eigenvalue weighted by Crippen LogP contribution is 2.20. The van der Waals surface area contributed by atoms with Crippen LogP contribution < -0.4 is 16.0 Å². The summed E-state index contributed by atoms with van der Waals surface area (Å²) in [7, 11) is 0. The average molecular weight is 314 g/mol. The number of alkyl halides is 3. The van der Waals surface area contributed by atoms with Gasteiger partial charge in [0.2, 0.25) is 5.95 Å². The molecule has 1 aromatic heterocycles. The molecule has 1 aliphatic heterocycles. The second-order valence-corrected chi connectivity index (χ2v) is 4.81. The highest BCUT2D eigenvalue weighted by atomic mass is 19.4. The number of aromatic nitrogens is 2. The summed E-state index contributed by atoms with van der Waals surface area (Å²) in [5.41, 5.74) is 5.76. The Labute approximate surface area is 123 Å². The molecule has 10 heteroatoms. The number of hydrogen-bond donors (Lipinski definition) is 2. The van der Waals surface area contributed by atoms with Crippen LogP contribution in [0.5, 0.6) is 0 Å². The lowest BCUT2D eigenvalue weighted by atomic mass is 10.1. The van der Waals surface area contributed by atoms with E-state index < -0.39 is 18.1 Å². The number of halogens is 3. The van der Waals surface area contributed by atoms with Crippen LogP contribution >= 0.6 is 0 Å². The summed E-state index contributed by atoms with van der Waals surface area (Å²) in [6, 6.07) is 1.30. The first kappa shape index (κ1) is 15.8. The maximum atomic E-state index is 12.2. The van der Waals surface area contributed by atoms with E-state index in [0.717, 1.165) is 0 Å². The fourth-order valence-corrected chi connectivity index (χ4v) is 2.11. The Morgan fingerprint density at radius 2 is 2.09 bits per heavy atom. The van der Waals surface area contributed by atoms with Gasteiger partial charge in [-0.25, -0.2) is 4.98 Å². The summed E-state index contributed by atoms with van der Waals surface area (Å²) in [4.78, 5) is 20.6. The van der Waals surface area contributed by atoms with Crippen LogP contribution in [0, 0.1) is 11.3 Å². The summed E-state index contributed by atoms with van der Waals surface area (Å²) in [5, 5.41) is 10.7. The number of amides is 1. The summed E-state index contributed by atoms with van der Waals surface area (Å²) >= 11 is 0. The van der Waals surface area contributed by atoms with Crippen LogP contribution in [0.25, 0.3) is 0 Å². The Balaban J connectivity index is 1.94. The number of nitrogen functional groups attached to an aromatic ring is 1. The fraction of sp³-hybridized carbons (Fsp3) is 0.500. The van der Waals surface area contributed by atoms with Crippen LogP contribution in [0.1, 0.15) is 18.4 Å². The number of anilines is 2. The molecule has 0 radical (unpaired) electrons. The molecule has 0 unspecified atom stereocenters. The number of nitrogens with two attached hydrogens (primary N) is 1. The molecule has 0 aromatic carbocycles. The number of rotatable bonds is 2. The monoisotopic (exact) mass is 314 g/mol. The van der Waals surface area contributed by atoms with Crippen LogP contribution in [0.2, 0.25) is 0 Å². The summed E-state index contributed by atoms with van der Waals surface area (Å²) in [5.74, 6) is -1.55. The van der Waals surface area contributed by atoms with Gasteiger partial charge in [0.05, 0.1) is 6.20 Å². The van der Waals surface area contributed by atoms with E-state index >= 15 is 0 Å². The van der Waals surface area contributed by atoms with Gasteiger partial charge in [-0.2, -0.15) is 23.4 Å². The Hall–Kier alpha value is -2.57. The molecule has 0 saturated carbocycles. The lowest BCUT2D eigenvalue weighted by molar-refractivity contribution is -0.174. The van der Waals surface area contributed by atoms with Crippen molar-refractivity contribution >= 4 is 17.7 Å². The van der Waals surface area contributed by atoms with Gasteiger partial charge in [0, 0.05) is 19.1 Å². The van der Waals surface area contributed by atoms with Crippen molar-refractivity contribution in [3.8, 4) is 6.07 Å². The van der Waals surface area contributed by atoms with Gasteiger partial charge in [-0.1, -0.05) is 0 Å². The third-order valence-corrected chi connectivity index (χ3v) is 3.30. The lowest BCUT2D eigenvalue weighted by Crippen LogP contribution is -2.48. The van der Waals surface area contributed by atoms with E-state index in [4.69, 9.17) is 11.0 Å². The predicted octanol–water partition coefficient (Wildman–Crippen LogP) is 0.578. The predicted molar refractivity (Wildman–Crippen MR) is 70.6 cm³/mol. The summed E-state index contributed by atoms with van der Waals surface area (Å²) < 4.78 is 36.5. The van der Waals surface area contributed by atoms with Gasteiger partial charge in [-0.3, -0.25) is 4.79 Å². The molecule has 118 valence electrons. The zero-order chi connectivity index (χ0) is 16.3. The Bertz CT molecular complexity index is 604. The van der Waals surface area contributed by atoms with Crippen LogP contribution in [0.3, 0.4) is 0 Å². The molecule has 1 aromatic rings. The first-order valence-electron chi connectivity index (χ1n) is 6.46. The van der Waals surface area contributed by atoms with E-state index in [1.165, 1.54) is 6.20 Å². The maximum Gasteiger partial charge on any atom is 0.471 e. The maximum absolute atomic E-state index is 12.2. The van der Waals surface area contributed by atoms with Gasteiger partial charge in [0.15, 0.2) is 0 Å². The van der Waals surface area contributed by atoms with Crippen LogP contribution in [-0.2, 0) is 4.79 Å². The molecular formula is C12H13F3N6O. The molecule has 0 atom stereocenters. The largest absolute Gasteiger partial charge is 0.471 e. The van der Waals surface area contributed by atoms with E-state index in [1.54, 1.807) is 4.90 Å². The van der Waals surface area contributed by atoms with Crippen LogP contribution in [0.4, 0.5) is 24.9 Å². The first-order chi connectivity index (χ1) is 10.3. The van der Waals surface area contributed by atoms with E-state index in [0.29, 0.717) is 31.9 Å². The molecule has 2 rings (SSSR count). The number of nitriles is 1. The minimum atomic E-state index is -4.87. The van der Waals surface area contributed by atoms with E-state index in [-0.39, 0.29) is 11.4 Å². The van der Waals surface area contributed by atoms with Gasteiger partial charge in [-0.15, -0.1) is 0 Å². The number of piperidine rings is 1. The molecule has 3 N–H and O–H groups in total. The molecule has 2 heterocycles. The third kappa shape index (κ3) is 3.55. The molecule has 1 fully saturated rings. The lowest BCUT2D eigenvalue weighted by Gasteiger charge is -2.32. The highest BCUT2D eigenvalue weighted by Gasteiger charge is 2.40. The second kappa shape index (κ2) is 6.05. The minimum absolute atomic E-state index is 0.0556. The van der Waals surface area contributed by atoms with Crippen molar-refractivity contribution in [2.45, 2.75) is 25.1 Å². The smallest absolute Gasteiger partial charge is 0.382 e. The topological polar surface area (TPSA) is 108 Å². The van der Waals surface area contributed by atoms with Crippen molar-refractivity contribution < 1.29 is 18.0 Å². The van der Waals surface area contributed by atoms with Gasteiger partial charge >= 0.3 is 12.1 Å². The van der Waals surface area contributed by atoms with E-state index in [9.17, 15) is 18.0 Å². The minimum Gasteiger partial charge on any atom is -0.382 e. The van der Waals surface area contributed by atoms with Gasteiger partial charge in [-0.05, 0) is 12.8 Å². The normalized spacial score (nSPS) is 16.2. The van der Waals surface area contributed by atoms with Gasteiger partial charge < -0.3 is 16.0 Å². The molecule has 1 amide bonds. The van der Waals surface area contributed by atoms with Crippen molar-refractivity contribution in [3.05, 3.63) is 11.8 Å². The quantitative estimate of drug-likeness (QED) is 0.826. The number of nitrogens with one attached hydrogen (secondary N) is 1. The zero-order valence-corrected chi connectivity index (χ0v) is 11.4. The molecule has 7 nitrogen and oxygen atoms in total. The van der Waals surface area contributed by atoms with Gasteiger partial charge in [0.25, 0.3) is 0 Å². The first-order valence-corrected chi connectivity index (χ1v) is 6.46. The van der Waals surface area contributed by atoms with Crippen molar-refractivity contribution in [1.82, 2.24) is 15.3 Å². The van der Waals surface area contributed by atoms with Crippen molar-refractivity contribution in [2.75, 3.05) is 23.7 Å². The van der Waals surface area contributed by atoms with Crippen molar-refractivity contribution in [2.24, 2.45) is 0 Å². The molecule has 1 saturated heterocycles. The molecule has 1 aliphatic rings. The Morgan fingerprint density at radius 3 is 2.59 bits per heavy atom.